The van der Waals surface area contributed by atoms with Crippen molar-refractivity contribution < 1.29 is 4.79 Å². The minimum absolute atomic E-state index is 0.136. The van der Waals surface area contributed by atoms with E-state index in [0.717, 1.165) is 11.5 Å². The first-order chi connectivity index (χ1) is 8.85. The van der Waals surface area contributed by atoms with Crippen molar-refractivity contribution in [3.05, 3.63) is 35.4 Å². The van der Waals surface area contributed by atoms with Gasteiger partial charge in [-0.25, -0.2) is 0 Å². The van der Waals surface area contributed by atoms with Gasteiger partial charge in [0.25, 0.3) is 0 Å². The predicted molar refractivity (Wildman–Crippen MR) is 78.4 cm³/mol. The summed E-state index contributed by atoms with van der Waals surface area (Å²) in [5.41, 5.74) is 2.58. The number of benzene rings is 1. The zero-order chi connectivity index (χ0) is 13.8. The standard InChI is InChI=1S/C18H24O/c1-17(2)16(18(17,3)4)15(19)14-10-8-13(9-11-14)12-6-5-7-12/h8-12,16H,5-7H2,1-4H3. The number of rotatable bonds is 3. The summed E-state index contributed by atoms with van der Waals surface area (Å²) in [5, 5.41) is 0. The molecule has 1 aromatic carbocycles. The Labute approximate surface area is 116 Å². The highest BCUT2D eigenvalue weighted by atomic mass is 16.1. The van der Waals surface area contributed by atoms with E-state index in [1.807, 2.05) is 12.1 Å². The summed E-state index contributed by atoms with van der Waals surface area (Å²) in [6.07, 6.45) is 3.99. The Morgan fingerprint density at radius 1 is 1.00 bits per heavy atom. The molecule has 0 bridgehead atoms. The fraction of sp³-hybridized carbons (Fsp3) is 0.611. The lowest BCUT2D eigenvalue weighted by atomic mass is 9.80. The van der Waals surface area contributed by atoms with Crippen LogP contribution in [-0.2, 0) is 0 Å². The smallest absolute Gasteiger partial charge is 0.167 e. The van der Waals surface area contributed by atoms with Crippen molar-refractivity contribution in [2.45, 2.75) is 52.9 Å². The highest BCUT2D eigenvalue weighted by Crippen LogP contribution is 2.69. The predicted octanol–water partition coefficient (Wildman–Crippen LogP) is 4.82. The molecule has 2 aliphatic rings. The van der Waals surface area contributed by atoms with Crippen molar-refractivity contribution in [2.24, 2.45) is 16.7 Å². The van der Waals surface area contributed by atoms with Crippen LogP contribution in [0, 0.1) is 16.7 Å². The molecule has 0 radical (unpaired) electrons. The quantitative estimate of drug-likeness (QED) is 0.709. The van der Waals surface area contributed by atoms with Crippen LogP contribution >= 0.6 is 0 Å². The van der Waals surface area contributed by atoms with Gasteiger partial charge in [0.05, 0.1) is 0 Å². The molecule has 3 rings (SSSR count). The Bertz CT molecular complexity index is 489. The molecule has 0 heterocycles. The molecule has 1 heteroatoms. The maximum atomic E-state index is 12.6. The molecule has 0 aromatic heterocycles. The van der Waals surface area contributed by atoms with Crippen molar-refractivity contribution in [3.63, 3.8) is 0 Å². The van der Waals surface area contributed by atoms with Gasteiger partial charge in [-0.3, -0.25) is 4.79 Å². The highest BCUT2D eigenvalue weighted by molar-refractivity contribution is 6.01. The zero-order valence-corrected chi connectivity index (χ0v) is 12.5. The minimum atomic E-state index is 0.136. The number of carbonyl (C=O) groups excluding carboxylic acids is 1. The SMILES string of the molecule is CC1(C)C(C(=O)c2ccc(C3CCC3)cc2)C1(C)C. The van der Waals surface area contributed by atoms with Crippen LogP contribution in [0.2, 0.25) is 0 Å². The topological polar surface area (TPSA) is 17.1 Å². The molecule has 0 saturated heterocycles. The third-order valence-electron chi connectivity index (χ3n) is 6.05. The number of carbonyl (C=O) groups is 1. The molecule has 2 saturated carbocycles. The Balaban J connectivity index is 1.78. The van der Waals surface area contributed by atoms with Gasteiger partial charge in [0.2, 0.25) is 0 Å². The fourth-order valence-electron chi connectivity index (χ4n) is 3.68. The highest BCUT2D eigenvalue weighted by Gasteiger charge is 2.67. The monoisotopic (exact) mass is 256 g/mol. The van der Waals surface area contributed by atoms with E-state index in [1.54, 1.807) is 0 Å². The summed E-state index contributed by atoms with van der Waals surface area (Å²) in [5.74, 6) is 1.25. The molecule has 19 heavy (non-hydrogen) atoms. The molecular formula is C18H24O. The van der Waals surface area contributed by atoms with Gasteiger partial charge >= 0.3 is 0 Å². The van der Waals surface area contributed by atoms with Crippen LogP contribution in [0.25, 0.3) is 0 Å². The molecule has 2 fully saturated rings. The van der Waals surface area contributed by atoms with Gasteiger partial charge in [0.15, 0.2) is 5.78 Å². The Morgan fingerprint density at radius 3 is 1.89 bits per heavy atom. The largest absolute Gasteiger partial charge is 0.294 e. The molecular weight excluding hydrogens is 232 g/mol. The van der Waals surface area contributed by atoms with Crippen LogP contribution in [0.4, 0.5) is 0 Å². The van der Waals surface area contributed by atoms with Gasteiger partial charge in [0.1, 0.15) is 0 Å². The maximum Gasteiger partial charge on any atom is 0.167 e. The molecule has 0 spiro atoms. The second kappa shape index (κ2) is 3.94. The van der Waals surface area contributed by atoms with Crippen LogP contribution in [0.5, 0.6) is 0 Å². The van der Waals surface area contributed by atoms with Crippen molar-refractivity contribution in [3.8, 4) is 0 Å². The molecule has 102 valence electrons. The Hall–Kier alpha value is -1.11. The lowest BCUT2D eigenvalue weighted by Crippen LogP contribution is -2.10. The number of ketones is 1. The van der Waals surface area contributed by atoms with E-state index < -0.39 is 0 Å². The normalized spacial score (nSPS) is 24.8. The Kier molecular flexibility index (Phi) is 2.68. The summed E-state index contributed by atoms with van der Waals surface area (Å²) < 4.78 is 0. The summed E-state index contributed by atoms with van der Waals surface area (Å²) in [6.45, 7) is 8.83. The first-order valence-corrected chi connectivity index (χ1v) is 7.50. The molecule has 0 amide bonds. The summed E-state index contributed by atoms with van der Waals surface area (Å²) in [7, 11) is 0. The van der Waals surface area contributed by atoms with E-state index in [2.05, 4.69) is 39.8 Å². The van der Waals surface area contributed by atoms with Gasteiger partial charge in [-0.2, -0.15) is 0 Å². The average Bonchev–Trinajstić information content (AvgIpc) is 2.67. The van der Waals surface area contributed by atoms with Gasteiger partial charge in [-0.05, 0) is 35.2 Å². The summed E-state index contributed by atoms with van der Waals surface area (Å²) >= 11 is 0. The van der Waals surface area contributed by atoms with Gasteiger partial charge in [-0.15, -0.1) is 0 Å². The van der Waals surface area contributed by atoms with E-state index in [0.29, 0.717) is 5.78 Å². The van der Waals surface area contributed by atoms with E-state index >= 15 is 0 Å². The third kappa shape index (κ3) is 1.78. The average molecular weight is 256 g/mol. The van der Waals surface area contributed by atoms with Crippen LogP contribution in [0.1, 0.15) is 68.8 Å². The first-order valence-electron chi connectivity index (χ1n) is 7.50. The maximum absolute atomic E-state index is 12.6. The van der Waals surface area contributed by atoms with Crippen molar-refractivity contribution in [2.75, 3.05) is 0 Å². The van der Waals surface area contributed by atoms with Crippen LogP contribution < -0.4 is 0 Å². The minimum Gasteiger partial charge on any atom is -0.294 e. The summed E-state index contributed by atoms with van der Waals surface area (Å²) in [6, 6.07) is 8.42. The molecule has 0 unspecified atom stereocenters. The lowest BCUT2D eigenvalue weighted by Gasteiger charge is -2.25. The second-order valence-electron chi connectivity index (χ2n) is 7.49. The van der Waals surface area contributed by atoms with E-state index in [-0.39, 0.29) is 16.7 Å². The first kappa shape index (κ1) is 12.9. The fourth-order valence-corrected chi connectivity index (χ4v) is 3.68. The van der Waals surface area contributed by atoms with Crippen molar-refractivity contribution in [1.82, 2.24) is 0 Å². The molecule has 2 aliphatic carbocycles. The second-order valence-corrected chi connectivity index (χ2v) is 7.49. The third-order valence-corrected chi connectivity index (χ3v) is 6.05. The number of hydrogen-bond acceptors (Lipinski definition) is 1. The Morgan fingerprint density at radius 2 is 1.53 bits per heavy atom. The van der Waals surface area contributed by atoms with E-state index in [1.165, 1.54) is 24.8 Å². The number of Topliss-reactive ketones (excluding diaryl/α,β-unsaturated/α-hetero) is 1. The van der Waals surface area contributed by atoms with Gasteiger partial charge < -0.3 is 0 Å². The zero-order valence-electron chi connectivity index (χ0n) is 12.5. The van der Waals surface area contributed by atoms with Crippen LogP contribution in [0.15, 0.2) is 24.3 Å². The van der Waals surface area contributed by atoms with Gasteiger partial charge in [0, 0.05) is 11.5 Å². The van der Waals surface area contributed by atoms with Crippen molar-refractivity contribution >= 4 is 5.78 Å². The van der Waals surface area contributed by atoms with Crippen LogP contribution in [-0.4, -0.2) is 5.78 Å². The molecule has 0 aliphatic heterocycles. The molecule has 1 nitrogen and oxygen atoms in total. The van der Waals surface area contributed by atoms with Gasteiger partial charge in [-0.1, -0.05) is 58.4 Å². The molecule has 1 aromatic rings. The van der Waals surface area contributed by atoms with E-state index in [4.69, 9.17) is 0 Å². The molecule has 0 atom stereocenters. The molecule has 0 N–H and O–H groups in total. The number of hydrogen-bond donors (Lipinski definition) is 0. The summed E-state index contributed by atoms with van der Waals surface area (Å²) in [4.78, 5) is 12.6. The van der Waals surface area contributed by atoms with Crippen LogP contribution in [0.3, 0.4) is 0 Å². The lowest BCUT2D eigenvalue weighted by molar-refractivity contribution is 0.0945. The van der Waals surface area contributed by atoms with Crippen molar-refractivity contribution in [1.29, 1.82) is 0 Å². The van der Waals surface area contributed by atoms with E-state index in [9.17, 15) is 4.79 Å².